The van der Waals surface area contributed by atoms with Gasteiger partial charge in [-0.15, -0.1) is 0 Å². The number of imide groups is 1. The van der Waals surface area contributed by atoms with Crippen LogP contribution in [0.4, 0.5) is 4.79 Å². The third-order valence-electron chi connectivity index (χ3n) is 5.36. The number of aromatic nitrogens is 1. The first-order valence-electron chi connectivity index (χ1n) is 8.75. The van der Waals surface area contributed by atoms with E-state index in [9.17, 15) is 19.2 Å². The number of methoxy groups -OCH3 is 1. The standard InChI is InChI=1S/C18H23N3O5/c1-10-13(15(23)26-3)11(2)19-14(10)12(22)9-21-16(24)18(20-17(21)25)7-5-4-6-8-18/h19H,4-9H2,1-3H3,(H,20,25). The predicted molar refractivity (Wildman–Crippen MR) is 92.0 cm³/mol. The number of H-pyrrole nitrogens is 1. The van der Waals surface area contributed by atoms with E-state index in [0.29, 0.717) is 29.7 Å². The van der Waals surface area contributed by atoms with E-state index in [1.807, 2.05) is 0 Å². The quantitative estimate of drug-likeness (QED) is 0.483. The SMILES string of the molecule is COC(=O)c1c(C)[nH]c(C(=O)CN2C(=O)NC3(CCCCC3)C2=O)c1C. The van der Waals surface area contributed by atoms with Crippen LogP contribution in [-0.2, 0) is 9.53 Å². The molecule has 3 amide bonds. The molecule has 0 aromatic carbocycles. The van der Waals surface area contributed by atoms with Gasteiger partial charge >= 0.3 is 12.0 Å². The number of aryl methyl sites for hydroxylation is 1. The molecule has 2 aliphatic rings. The van der Waals surface area contributed by atoms with E-state index in [0.717, 1.165) is 24.2 Å². The molecular formula is C18H23N3O5. The van der Waals surface area contributed by atoms with Gasteiger partial charge in [-0.2, -0.15) is 0 Å². The van der Waals surface area contributed by atoms with Gasteiger partial charge in [-0.1, -0.05) is 19.3 Å². The smallest absolute Gasteiger partial charge is 0.339 e. The Labute approximate surface area is 151 Å². The highest BCUT2D eigenvalue weighted by Crippen LogP contribution is 2.33. The summed E-state index contributed by atoms with van der Waals surface area (Å²) in [5.41, 5.74) is 0.635. The third kappa shape index (κ3) is 2.79. The normalized spacial score (nSPS) is 19.0. The number of carbonyl (C=O) groups excluding carboxylic acids is 4. The van der Waals surface area contributed by atoms with Gasteiger partial charge in [-0.3, -0.25) is 14.5 Å². The molecule has 2 heterocycles. The van der Waals surface area contributed by atoms with E-state index in [2.05, 4.69) is 10.3 Å². The van der Waals surface area contributed by atoms with Crippen molar-refractivity contribution in [3.05, 3.63) is 22.5 Å². The summed E-state index contributed by atoms with van der Waals surface area (Å²) in [7, 11) is 1.27. The molecule has 1 aromatic heterocycles. The average Bonchev–Trinajstić information content (AvgIpc) is 3.03. The summed E-state index contributed by atoms with van der Waals surface area (Å²) in [6.07, 6.45) is 4.02. The number of ether oxygens (including phenoxy) is 1. The monoisotopic (exact) mass is 361 g/mol. The highest BCUT2D eigenvalue weighted by atomic mass is 16.5. The van der Waals surface area contributed by atoms with Crippen molar-refractivity contribution in [2.75, 3.05) is 13.7 Å². The first-order chi connectivity index (χ1) is 12.3. The topological polar surface area (TPSA) is 109 Å². The lowest BCUT2D eigenvalue weighted by Crippen LogP contribution is -2.48. The van der Waals surface area contributed by atoms with Crippen LogP contribution < -0.4 is 5.32 Å². The van der Waals surface area contributed by atoms with Crippen molar-refractivity contribution >= 4 is 23.7 Å². The fourth-order valence-corrected chi connectivity index (χ4v) is 3.97. The summed E-state index contributed by atoms with van der Waals surface area (Å²) >= 11 is 0. The van der Waals surface area contributed by atoms with Crippen molar-refractivity contribution in [1.82, 2.24) is 15.2 Å². The van der Waals surface area contributed by atoms with Crippen molar-refractivity contribution in [3.63, 3.8) is 0 Å². The molecule has 140 valence electrons. The third-order valence-corrected chi connectivity index (χ3v) is 5.36. The van der Waals surface area contributed by atoms with Crippen molar-refractivity contribution < 1.29 is 23.9 Å². The van der Waals surface area contributed by atoms with Gasteiger partial charge in [-0.05, 0) is 32.3 Å². The fraction of sp³-hybridized carbons (Fsp3) is 0.556. The number of carbonyl (C=O) groups is 4. The molecule has 1 saturated heterocycles. The molecule has 26 heavy (non-hydrogen) atoms. The first kappa shape index (κ1) is 18.2. The number of aromatic amines is 1. The Balaban J connectivity index is 1.81. The number of amides is 3. The van der Waals surface area contributed by atoms with Crippen molar-refractivity contribution in [2.24, 2.45) is 0 Å². The van der Waals surface area contributed by atoms with Crippen molar-refractivity contribution in [2.45, 2.75) is 51.5 Å². The lowest BCUT2D eigenvalue weighted by molar-refractivity contribution is -0.132. The number of urea groups is 1. The number of hydrogen-bond donors (Lipinski definition) is 2. The van der Waals surface area contributed by atoms with Crippen molar-refractivity contribution in [1.29, 1.82) is 0 Å². The number of Topliss-reactive ketones (excluding diaryl/α,β-unsaturated/α-hetero) is 1. The Morgan fingerprint density at radius 2 is 1.81 bits per heavy atom. The molecular weight excluding hydrogens is 338 g/mol. The number of rotatable bonds is 4. The maximum Gasteiger partial charge on any atom is 0.339 e. The Morgan fingerprint density at radius 3 is 2.42 bits per heavy atom. The average molecular weight is 361 g/mol. The molecule has 0 atom stereocenters. The minimum Gasteiger partial charge on any atom is -0.465 e. The predicted octanol–water partition coefficient (Wildman–Crippen LogP) is 1.86. The molecule has 3 rings (SSSR count). The van der Waals surface area contributed by atoms with Crippen LogP contribution in [0.5, 0.6) is 0 Å². The van der Waals surface area contributed by atoms with E-state index < -0.39 is 23.3 Å². The molecule has 1 aliphatic heterocycles. The molecule has 1 saturated carbocycles. The number of hydrogen-bond acceptors (Lipinski definition) is 5. The van der Waals surface area contributed by atoms with Gasteiger partial charge in [0.1, 0.15) is 5.54 Å². The van der Waals surface area contributed by atoms with E-state index >= 15 is 0 Å². The second-order valence-corrected chi connectivity index (χ2v) is 7.00. The molecule has 1 aliphatic carbocycles. The maximum absolute atomic E-state index is 12.8. The van der Waals surface area contributed by atoms with Crippen LogP contribution in [0.3, 0.4) is 0 Å². The van der Waals surface area contributed by atoms with Gasteiger partial charge in [0, 0.05) is 5.69 Å². The molecule has 0 bridgehead atoms. The van der Waals surface area contributed by atoms with Crippen molar-refractivity contribution in [3.8, 4) is 0 Å². The van der Waals surface area contributed by atoms with Crippen LogP contribution >= 0.6 is 0 Å². The minimum atomic E-state index is -0.854. The Bertz CT molecular complexity index is 789. The van der Waals surface area contributed by atoms with Crippen LogP contribution in [0.25, 0.3) is 0 Å². The minimum absolute atomic E-state index is 0.216. The fourth-order valence-electron chi connectivity index (χ4n) is 3.97. The molecule has 2 N–H and O–H groups in total. The second kappa shape index (κ2) is 6.59. The Hall–Kier alpha value is -2.64. The Morgan fingerprint density at radius 1 is 1.15 bits per heavy atom. The van der Waals surface area contributed by atoms with Gasteiger partial charge in [0.25, 0.3) is 5.91 Å². The molecule has 0 radical (unpaired) electrons. The number of nitrogens with one attached hydrogen (secondary N) is 2. The van der Waals surface area contributed by atoms with Crippen LogP contribution in [0.15, 0.2) is 0 Å². The zero-order valence-corrected chi connectivity index (χ0v) is 15.2. The summed E-state index contributed by atoms with van der Waals surface area (Å²) in [5, 5.41) is 2.79. The van der Waals surface area contributed by atoms with E-state index in [1.54, 1.807) is 13.8 Å². The van der Waals surface area contributed by atoms with Crippen LogP contribution in [0.1, 0.15) is 64.2 Å². The van der Waals surface area contributed by atoms with Gasteiger partial charge in [0.2, 0.25) is 0 Å². The zero-order valence-electron chi connectivity index (χ0n) is 15.2. The Kier molecular flexibility index (Phi) is 4.60. The largest absolute Gasteiger partial charge is 0.465 e. The molecule has 1 spiro atoms. The lowest BCUT2D eigenvalue weighted by Gasteiger charge is -2.30. The first-order valence-corrected chi connectivity index (χ1v) is 8.75. The lowest BCUT2D eigenvalue weighted by atomic mass is 9.82. The van der Waals surface area contributed by atoms with Gasteiger partial charge in [0.15, 0.2) is 5.78 Å². The molecule has 2 fully saturated rings. The maximum atomic E-state index is 12.8. The van der Waals surface area contributed by atoms with Crippen LogP contribution in [-0.4, -0.2) is 52.8 Å². The number of nitrogens with zero attached hydrogens (tertiary/aromatic N) is 1. The molecule has 8 nitrogen and oxygen atoms in total. The van der Waals surface area contributed by atoms with E-state index in [1.165, 1.54) is 7.11 Å². The highest BCUT2D eigenvalue weighted by Gasteiger charge is 2.51. The number of ketones is 1. The molecule has 1 aromatic rings. The van der Waals surface area contributed by atoms with Crippen LogP contribution in [0.2, 0.25) is 0 Å². The molecule has 0 unspecified atom stereocenters. The molecule has 8 heteroatoms. The summed E-state index contributed by atoms with van der Waals surface area (Å²) in [6, 6.07) is -0.528. The second-order valence-electron chi connectivity index (χ2n) is 7.00. The highest BCUT2D eigenvalue weighted by molar-refractivity contribution is 6.11. The van der Waals surface area contributed by atoms with Gasteiger partial charge in [-0.25, -0.2) is 9.59 Å². The van der Waals surface area contributed by atoms with E-state index in [-0.39, 0.29) is 18.1 Å². The van der Waals surface area contributed by atoms with Crippen LogP contribution in [0, 0.1) is 13.8 Å². The summed E-state index contributed by atoms with van der Waals surface area (Å²) in [4.78, 5) is 53.5. The van der Waals surface area contributed by atoms with Gasteiger partial charge < -0.3 is 15.0 Å². The number of esters is 1. The summed E-state index contributed by atoms with van der Waals surface area (Å²) in [5.74, 6) is -1.28. The summed E-state index contributed by atoms with van der Waals surface area (Å²) in [6.45, 7) is 2.95. The zero-order chi connectivity index (χ0) is 19.1. The summed E-state index contributed by atoms with van der Waals surface area (Å²) < 4.78 is 4.73. The van der Waals surface area contributed by atoms with E-state index in [4.69, 9.17) is 4.74 Å². The van der Waals surface area contributed by atoms with Gasteiger partial charge in [0.05, 0.1) is 24.9 Å².